The maximum Gasteiger partial charge on any atom is 0.256 e. The Hall–Kier alpha value is -2.30. The van der Waals surface area contributed by atoms with Crippen molar-refractivity contribution in [3.8, 4) is 0 Å². The van der Waals surface area contributed by atoms with Gasteiger partial charge in [-0.3, -0.25) is 4.79 Å². The van der Waals surface area contributed by atoms with Crippen LogP contribution in [0.4, 0.5) is 5.82 Å². The van der Waals surface area contributed by atoms with Crippen molar-refractivity contribution in [3.63, 3.8) is 0 Å². The van der Waals surface area contributed by atoms with Gasteiger partial charge in [0.15, 0.2) is 0 Å². The van der Waals surface area contributed by atoms with Gasteiger partial charge in [0.1, 0.15) is 11.4 Å². The van der Waals surface area contributed by atoms with Gasteiger partial charge in [-0.15, -0.1) is 0 Å². The van der Waals surface area contributed by atoms with Gasteiger partial charge in [0.2, 0.25) is 0 Å². The predicted molar refractivity (Wildman–Crippen MR) is 89.5 cm³/mol. The Bertz CT molecular complexity index is 718. The van der Waals surface area contributed by atoms with Crippen molar-refractivity contribution >= 4 is 11.7 Å². The molecule has 2 aliphatic rings. The topological polar surface area (TPSA) is 59.0 Å². The van der Waals surface area contributed by atoms with Gasteiger partial charge >= 0.3 is 0 Å². The van der Waals surface area contributed by atoms with Crippen LogP contribution >= 0.6 is 0 Å². The number of aryl methyl sites for hydroxylation is 1. The van der Waals surface area contributed by atoms with Crippen molar-refractivity contribution in [3.05, 3.63) is 47.2 Å². The zero-order valence-electron chi connectivity index (χ0n) is 13.4. The van der Waals surface area contributed by atoms with Crippen LogP contribution in [-0.4, -0.2) is 22.2 Å². The van der Waals surface area contributed by atoms with Crippen molar-refractivity contribution in [2.45, 2.75) is 38.8 Å². The van der Waals surface area contributed by atoms with Crippen LogP contribution in [0.25, 0.3) is 0 Å². The molecule has 23 heavy (non-hydrogen) atoms. The highest BCUT2D eigenvalue weighted by Gasteiger charge is 2.31. The third-order valence-corrected chi connectivity index (χ3v) is 4.70. The fourth-order valence-electron chi connectivity index (χ4n) is 3.18. The van der Waals surface area contributed by atoms with Gasteiger partial charge in [-0.1, -0.05) is 37.3 Å². The Labute approximate surface area is 136 Å². The minimum Gasteiger partial charge on any atom is -0.361 e. The molecule has 2 aromatic rings. The molecule has 1 aliphatic heterocycles. The van der Waals surface area contributed by atoms with Crippen LogP contribution in [0.2, 0.25) is 0 Å². The number of anilines is 1. The number of carbonyl (C=O) groups is 1. The highest BCUT2D eigenvalue weighted by Crippen LogP contribution is 2.33. The standard InChI is InChI=1S/C18H22N4O/c1-2-14-16(18(23)19-10-12-8-9-12)17-20-15(11-22(17)21-14)13-6-4-3-5-7-13/h3-7,12,15,20H,2,8-11H2,1H3,(H,19,23)/t15-/m1/s1. The van der Waals surface area contributed by atoms with Gasteiger partial charge < -0.3 is 10.6 Å². The summed E-state index contributed by atoms with van der Waals surface area (Å²) in [5.41, 5.74) is 2.83. The first-order valence-electron chi connectivity index (χ1n) is 8.45. The van der Waals surface area contributed by atoms with E-state index in [2.05, 4.69) is 27.9 Å². The molecule has 0 spiro atoms. The minimum absolute atomic E-state index is 0.0104. The smallest absolute Gasteiger partial charge is 0.256 e. The van der Waals surface area contributed by atoms with Crippen LogP contribution in [0.1, 0.15) is 47.4 Å². The average Bonchev–Trinajstić information content (AvgIpc) is 3.22. The molecule has 4 rings (SSSR count). The van der Waals surface area contributed by atoms with Crippen LogP contribution < -0.4 is 10.6 Å². The van der Waals surface area contributed by atoms with Gasteiger partial charge in [-0.25, -0.2) is 4.68 Å². The first-order valence-corrected chi connectivity index (χ1v) is 8.45. The molecule has 1 fully saturated rings. The van der Waals surface area contributed by atoms with E-state index in [-0.39, 0.29) is 11.9 Å². The third-order valence-electron chi connectivity index (χ3n) is 4.70. The SMILES string of the molecule is CCc1nn2c(c1C(=O)NCC1CC1)N[C@@H](c1ccccc1)C2. The molecular weight excluding hydrogens is 288 g/mol. The second kappa shape index (κ2) is 5.72. The first-order chi connectivity index (χ1) is 11.3. The summed E-state index contributed by atoms with van der Waals surface area (Å²) >= 11 is 0. The summed E-state index contributed by atoms with van der Waals surface area (Å²) in [6.45, 7) is 3.60. The van der Waals surface area contributed by atoms with Crippen LogP contribution in [0.3, 0.4) is 0 Å². The molecule has 1 amide bonds. The Balaban J connectivity index is 1.57. The normalized spacial score (nSPS) is 19.3. The predicted octanol–water partition coefficient (Wildman–Crippen LogP) is 2.75. The van der Waals surface area contributed by atoms with E-state index < -0.39 is 0 Å². The molecule has 5 heteroatoms. The summed E-state index contributed by atoms with van der Waals surface area (Å²) < 4.78 is 1.95. The molecule has 120 valence electrons. The number of fused-ring (bicyclic) bond motifs is 1. The molecule has 2 heterocycles. The molecule has 0 unspecified atom stereocenters. The van der Waals surface area contributed by atoms with Gasteiger partial charge in [0.25, 0.3) is 5.91 Å². The maximum absolute atomic E-state index is 12.6. The van der Waals surface area contributed by atoms with E-state index in [1.54, 1.807) is 0 Å². The summed E-state index contributed by atoms with van der Waals surface area (Å²) in [4.78, 5) is 12.6. The number of nitrogens with zero attached hydrogens (tertiary/aromatic N) is 2. The molecular formula is C18H22N4O. The maximum atomic E-state index is 12.6. The molecule has 1 atom stereocenters. The lowest BCUT2D eigenvalue weighted by atomic mass is 10.1. The number of hydrogen-bond acceptors (Lipinski definition) is 3. The summed E-state index contributed by atoms with van der Waals surface area (Å²) in [7, 11) is 0. The molecule has 0 bridgehead atoms. The molecule has 0 radical (unpaired) electrons. The molecule has 1 aromatic carbocycles. The molecule has 1 aromatic heterocycles. The van der Waals surface area contributed by atoms with E-state index in [0.717, 1.165) is 36.6 Å². The van der Waals surface area contributed by atoms with Gasteiger partial charge in [0.05, 0.1) is 18.3 Å². The lowest BCUT2D eigenvalue weighted by molar-refractivity contribution is 0.0951. The Kier molecular flexibility index (Phi) is 3.56. The second-order valence-corrected chi connectivity index (χ2v) is 6.47. The van der Waals surface area contributed by atoms with Crippen molar-refractivity contribution in [2.75, 3.05) is 11.9 Å². The van der Waals surface area contributed by atoms with Crippen LogP contribution in [-0.2, 0) is 13.0 Å². The summed E-state index contributed by atoms with van der Waals surface area (Å²) in [6, 6.07) is 10.5. The monoisotopic (exact) mass is 310 g/mol. The fourth-order valence-corrected chi connectivity index (χ4v) is 3.18. The number of amides is 1. The summed E-state index contributed by atoms with van der Waals surface area (Å²) in [6.07, 6.45) is 3.24. The Morgan fingerprint density at radius 1 is 1.35 bits per heavy atom. The lowest BCUT2D eigenvalue weighted by Crippen LogP contribution is -2.27. The highest BCUT2D eigenvalue weighted by molar-refractivity contribution is 6.00. The van der Waals surface area contributed by atoms with Crippen LogP contribution in [0, 0.1) is 5.92 Å². The molecule has 0 saturated heterocycles. The van der Waals surface area contributed by atoms with Crippen molar-refractivity contribution in [1.82, 2.24) is 15.1 Å². The summed E-state index contributed by atoms with van der Waals surface area (Å²) in [5, 5.41) is 11.2. The highest BCUT2D eigenvalue weighted by atomic mass is 16.1. The van der Waals surface area contributed by atoms with E-state index in [9.17, 15) is 4.79 Å². The third kappa shape index (κ3) is 2.71. The lowest BCUT2D eigenvalue weighted by Gasteiger charge is -2.12. The number of carbonyl (C=O) groups excluding carboxylic acids is 1. The average molecular weight is 310 g/mol. The zero-order valence-corrected chi connectivity index (χ0v) is 13.4. The quantitative estimate of drug-likeness (QED) is 0.893. The Morgan fingerprint density at radius 3 is 2.83 bits per heavy atom. The van der Waals surface area contributed by atoms with E-state index in [1.807, 2.05) is 29.8 Å². The fraction of sp³-hybridized carbons (Fsp3) is 0.444. The van der Waals surface area contributed by atoms with Crippen molar-refractivity contribution in [1.29, 1.82) is 0 Å². The van der Waals surface area contributed by atoms with E-state index in [1.165, 1.54) is 18.4 Å². The molecule has 1 saturated carbocycles. The van der Waals surface area contributed by atoms with Crippen LogP contribution in [0.15, 0.2) is 30.3 Å². The number of hydrogen-bond donors (Lipinski definition) is 2. The van der Waals surface area contributed by atoms with E-state index >= 15 is 0 Å². The molecule has 1 aliphatic carbocycles. The van der Waals surface area contributed by atoms with Crippen molar-refractivity contribution < 1.29 is 4.79 Å². The minimum atomic E-state index is 0.0104. The van der Waals surface area contributed by atoms with Gasteiger partial charge in [-0.05, 0) is 30.7 Å². The summed E-state index contributed by atoms with van der Waals surface area (Å²) in [5.74, 6) is 1.55. The second-order valence-electron chi connectivity index (χ2n) is 6.47. The van der Waals surface area contributed by atoms with Crippen LogP contribution in [0.5, 0.6) is 0 Å². The van der Waals surface area contributed by atoms with E-state index in [0.29, 0.717) is 5.92 Å². The largest absolute Gasteiger partial charge is 0.361 e. The number of nitrogens with one attached hydrogen (secondary N) is 2. The first kappa shape index (κ1) is 14.3. The van der Waals surface area contributed by atoms with E-state index in [4.69, 9.17) is 0 Å². The van der Waals surface area contributed by atoms with Gasteiger partial charge in [-0.2, -0.15) is 5.10 Å². The Morgan fingerprint density at radius 2 is 2.13 bits per heavy atom. The number of rotatable bonds is 5. The number of aromatic nitrogens is 2. The molecule has 2 N–H and O–H groups in total. The number of benzene rings is 1. The zero-order chi connectivity index (χ0) is 15.8. The van der Waals surface area contributed by atoms with Crippen molar-refractivity contribution in [2.24, 2.45) is 5.92 Å². The molecule has 5 nitrogen and oxygen atoms in total. The van der Waals surface area contributed by atoms with Gasteiger partial charge in [0, 0.05) is 6.54 Å².